The number of imidazole rings is 2. The highest BCUT2D eigenvalue weighted by atomic mass is 16.5. The maximum absolute atomic E-state index is 7.01. The van der Waals surface area contributed by atoms with Gasteiger partial charge in [-0.3, -0.25) is 0 Å². The predicted molar refractivity (Wildman–Crippen MR) is 301 cm³/mol. The lowest BCUT2D eigenvalue weighted by Crippen LogP contribution is -2.35. The van der Waals surface area contributed by atoms with E-state index in [4.69, 9.17) is 18.9 Å². The topological polar surface area (TPSA) is 54.5 Å². The van der Waals surface area contributed by atoms with Crippen molar-refractivity contribution in [1.29, 1.82) is 0 Å². The Labute approximate surface area is 441 Å². The van der Waals surface area contributed by atoms with Gasteiger partial charge in [0.05, 0.1) is 14.2 Å². The van der Waals surface area contributed by atoms with E-state index in [1.165, 1.54) is 68.3 Å². The zero-order chi connectivity index (χ0) is 52.7. The van der Waals surface area contributed by atoms with Crippen molar-refractivity contribution < 1.29 is 28.1 Å². The van der Waals surface area contributed by atoms with Crippen LogP contribution in [0.2, 0.25) is 0 Å². The molecule has 1 aliphatic rings. The molecule has 0 spiro atoms. The maximum Gasteiger partial charge on any atom is 0.245 e. The van der Waals surface area contributed by atoms with Crippen molar-refractivity contribution in [3.63, 3.8) is 0 Å². The van der Waals surface area contributed by atoms with E-state index in [0.717, 1.165) is 47.0 Å². The lowest BCUT2D eigenvalue weighted by Gasteiger charge is -2.29. The van der Waals surface area contributed by atoms with Gasteiger partial charge in [0, 0.05) is 22.3 Å². The third-order valence-corrected chi connectivity index (χ3v) is 15.3. The van der Waals surface area contributed by atoms with Crippen LogP contribution >= 0.6 is 0 Å². The fourth-order valence-corrected chi connectivity index (χ4v) is 11.0. The van der Waals surface area contributed by atoms with Crippen molar-refractivity contribution in [2.75, 3.05) is 14.2 Å². The molecule has 0 unspecified atom stereocenters. The number of ether oxygens (including phenoxy) is 4. The van der Waals surface area contributed by atoms with Gasteiger partial charge in [-0.05, 0) is 130 Å². The third kappa shape index (κ3) is 11.1. The van der Waals surface area contributed by atoms with Gasteiger partial charge in [-0.25, -0.2) is 18.3 Å². The highest BCUT2D eigenvalue weighted by Crippen LogP contribution is 2.43. The number of aromatic nitrogens is 4. The van der Waals surface area contributed by atoms with Crippen molar-refractivity contribution in [3.8, 4) is 23.0 Å². The van der Waals surface area contributed by atoms with Crippen LogP contribution in [0.15, 0.2) is 134 Å². The first-order chi connectivity index (χ1) is 35.1. The number of hydrogen-bond donors (Lipinski definition) is 0. The van der Waals surface area contributed by atoms with Crippen molar-refractivity contribution >= 4 is 22.1 Å². The standard InChI is InChI=1S/C66H82N4O4/c1-63(2,3)49-35-47(61(53(37-49)65(7,8)9)73-41-45-27-31-51(71-13)32-28-45)39-67-43-69(57-23-17-15-21-55(57)67)59-25-19-20-26-60(59)70-44-68(56-22-16-18-24-58(56)70)40-48-36-50(64(4,5)6)38-54(66(10,11)12)62(48)74-42-46-29-33-52(72-14)34-30-46/h15-18,21-24,27-38,43-44,59-60H,19-20,25-26,39-42H2,1-14H3/q+2/t59-,60-/m1/s1. The lowest BCUT2D eigenvalue weighted by molar-refractivity contribution is -0.664. The molecule has 8 nitrogen and oxygen atoms in total. The monoisotopic (exact) mass is 995 g/mol. The van der Waals surface area contributed by atoms with Crippen LogP contribution in [-0.2, 0) is 48.0 Å². The van der Waals surface area contributed by atoms with Crippen LogP contribution in [-0.4, -0.2) is 23.4 Å². The quantitative estimate of drug-likeness (QED) is 0.102. The first-order valence-corrected chi connectivity index (χ1v) is 27.0. The second-order valence-corrected chi connectivity index (χ2v) is 25.0. The molecular weight excluding hydrogens is 913 g/mol. The van der Waals surface area contributed by atoms with Gasteiger partial charge in [-0.1, -0.05) is 144 Å². The molecule has 1 aliphatic carbocycles. The molecule has 1 saturated carbocycles. The molecule has 6 aromatic carbocycles. The van der Waals surface area contributed by atoms with Gasteiger partial charge in [-0.15, -0.1) is 0 Å². The van der Waals surface area contributed by atoms with Crippen molar-refractivity contribution in [2.45, 2.75) is 169 Å². The summed E-state index contributed by atoms with van der Waals surface area (Å²) in [5.74, 6) is 3.63. The Morgan fingerprint density at radius 1 is 0.459 bits per heavy atom. The molecule has 2 heterocycles. The molecule has 0 aliphatic heterocycles. The average molecular weight is 995 g/mol. The van der Waals surface area contributed by atoms with E-state index in [-0.39, 0.29) is 33.7 Å². The Hall–Kier alpha value is -6.54. The van der Waals surface area contributed by atoms with Crippen LogP contribution in [0.3, 0.4) is 0 Å². The predicted octanol–water partition coefficient (Wildman–Crippen LogP) is 15.0. The zero-order valence-corrected chi connectivity index (χ0v) is 46.9. The molecular formula is C66H82N4O4+2. The van der Waals surface area contributed by atoms with Gasteiger partial charge in [0.15, 0.2) is 22.1 Å². The number of rotatable bonds is 14. The molecule has 8 heteroatoms. The van der Waals surface area contributed by atoms with Crippen LogP contribution in [0.25, 0.3) is 22.1 Å². The third-order valence-electron chi connectivity index (χ3n) is 15.3. The molecule has 0 saturated heterocycles. The summed E-state index contributed by atoms with van der Waals surface area (Å²) in [6.45, 7) is 30.0. The summed E-state index contributed by atoms with van der Waals surface area (Å²) in [4.78, 5) is 0. The normalized spacial score (nSPS) is 15.7. The molecule has 9 rings (SSSR count). The van der Waals surface area contributed by atoms with Gasteiger partial charge < -0.3 is 18.9 Å². The number of methoxy groups -OCH3 is 2. The second kappa shape index (κ2) is 20.6. The second-order valence-electron chi connectivity index (χ2n) is 25.0. The zero-order valence-electron chi connectivity index (χ0n) is 46.9. The first kappa shape index (κ1) is 52.3. The SMILES string of the molecule is COc1ccc(COc2c(C[n+]3cn([C@@H]4CCCC[C@H]4n4c[n+](Cc5cc(C(C)(C)C)cc(C(C)(C)C)c5OCc5ccc(OC)cc5)c5ccccc54)c4ccccc43)cc(C(C)(C)C)cc2C(C)(C)C)cc1. The van der Waals surface area contributed by atoms with Gasteiger partial charge in [0.1, 0.15) is 61.4 Å². The smallest absolute Gasteiger partial charge is 0.245 e. The summed E-state index contributed by atoms with van der Waals surface area (Å²) in [5.41, 5.74) is 14.2. The molecule has 0 N–H and O–H groups in total. The van der Waals surface area contributed by atoms with E-state index >= 15 is 0 Å². The van der Waals surface area contributed by atoms with Crippen LogP contribution in [0, 0.1) is 0 Å². The maximum atomic E-state index is 7.01. The number of benzene rings is 6. The van der Waals surface area contributed by atoms with E-state index in [1.54, 1.807) is 14.2 Å². The van der Waals surface area contributed by atoms with Crippen LogP contribution in [0.4, 0.5) is 0 Å². The molecule has 0 amide bonds. The van der Waals surface area contributed by atoms with Crippen molar-refractivity contribution in [1.82, 2.24) is 9.13 Å². The first-order valence-electron chi connectivity index (χ1n) is 27.0. The Morgan fingerprint density at radius 3 is 1.16 bits per heavy atom. The average Bonchev–Trinajstić information content (AvgIpc) is 3.92. The summed E-state index contributed by atoms with van der Waals surface area (Å²) in [7, 11) is 3.42. The molecule has 2 atom stereocenters. The number of nitrogens with zero attached hydrogens (tertiary/aromatic N) is 4. The Kier molecular flexibility index (Phi) is 14.6. The molecule has 388 valence electrons. The minimum atomic E-state index is -0.147. The van der Waals surface area contributed by atoms with E-state index in [1.807, 2.05) is 24.3 Å². The summed E-state index contributed by atoms with van der Waals surface area (Å²) < 4.78 is 35.2. The number of hydrogen-bond acceptors (Lipinski definition) is 4. The lowest BCUT2D eigenvalue weighted by atomic mass is 9.79. The molecule has 0 bridgehead atoms. The summed E-state index contributed by atoms with van der Waals surface area (Å²) in [6.07, 6.45) is 9.38. The molecule has 1 fully saturated rings. The summed E-state index contributed by atoms with van der Waals surface area (Å²) >= 11 is 0. The van der Waals surface area contributed by atoms with Crippen LogP contribution in [0.1, 0.15) is 165 Å². The van der Waals surface area contributed by atoms with Crippen molar-refractivity contribution in [3.05, 3.63) is 178 Å². The highest BCUT2D eigenvalue weighted by Gasteiger charge is 2.39. The minimum absolute atomic E-state index is 0.0518. The number of fused-ring (bicyclic) bond motifs is 2. The summed E-state index contributed by atoms with van der Waals surface area (Å²) in [6, 6.07) is 44.5. The fourth-order valence-electron chi connectivity index (χ4n) is 11.0. The van der Waals surface area contributed by atoms with E-state index < -0.39 is 0 Å². The Balaban J connectivity index is 1.12. The van der Waals surface area contributed by atoms with Crippen LogP contribution < -0.4 is 28.1 Å². The van der Waals surface area contributed by atoms with Crippen LogP contribution in [0.5, 0.6) is 23.0 Å². The van der Waals surface area contributed by atoms with E-state index in [0.29, 0.717) is 26.3 Å². The van der Waals surface area contributed by atoms with E-state index in [2.05, 4.69) is 211 Å². The van der Waals surface area contributed by atoms with Crippen molar-refractivity contribution in [2.24, 2.45) is 0 Å². The Bertz CT molecular complexity index is 3020. The molecule has 74 heavy (non-hydrogen) atoms. The molecule has 0 radical (unpaired) electrons. The molecule has 2 aromatic heterocycles. The summed E-state index contributed by atoms with van der Waals surface area (Å²) in [5, 5.41) is 0. The highest BCUT2D eigenvalue weighted by molar-refractivity contribution is 5.73. The largest absolute Gasteiger partial charge is 0.497 e. The Morgan fingerprint density at radius 2 is 0.824 bits per heavy atom. The van der Waals surface area contributed by atoms with E-state index in [9.17, 15) is 0 Å². The fraction of sp³-hybridized carbons (Fsp3) is 0.424. The van der Waals surface area contributed by atoms with Gasteiger partial charge in [0.2, 0.25) is 12.7 Å². The van der Waals surface area contributed by atoms with Gasteiger partial charge >= 0.3 is 0 Å². The minimum Gasteiger partial charge on any atom is -0.497 e. The molecule has 8 aromatic rings. The van der Waals surface area contributed by atoms with Gasteiger partial charge in [-0.2, -0.15) is 0 Å². The van der Waals surface area contributed by atoms with Gasteiger partial charge in [0.25, 0.3) is 0 Å². The number of para-hydroxylation sites is 4.